The average molecular weight is 210 g/mol. The van der Waals surface area contributed by atoms with Gasteiger partial charge < -0.3 is 5.11 Å². The molecule has 2 aromatic rings. The molecular formula is C9H8ClN3O. The minimum atomic E-state index is -0.0591. The minimum absolute atomic E-state index is 0.0591. The van der Waals surface area contributed by atoms with E-state index in [1.165, 1.54) is 6.33 Å². The third-order valence-electron chi connectivity index (χ3n) is 1.89. The fourth-order valence-electron chi connectivity index (χ4n) is 1.15. The first-order valence-corrected chi connectivity index (χ1v) is 4.43. The summed E-state index contributed by atoms with van der Waals surface area (Å²) in [5.74, 6) is 0. The molecule has 0 saturated heterocycles. The van der Waals surface area contributed by atoms with Crippen molar-refractivity contribution in [1.29, 1.82) is 0 Å². The lowest BCUT2D eigenvalue weighted by Gasteiger charge is -2.03. The fourth-order valence-corrected chi connectivity index (χ4v) is 1.38. The van der Waals surface area contributed by atoms with Crippen LogP contribution in [0.15, 0.2) is 30.9 Å². The standard InChI is InChI=1S/C9H8ClN3O/c10-9-3-8(2-1-7(9)4-14)13-6-11-5-12-13/h1-3,5-6,14H,4H2. The average Bonchev–Trinajstić information content (AvgIpc) is 2.70. The highest BCUT2D eigenvalue weighted by atomic mass is 35.5. The van der Waals surface area contributed by atoms with E-state index < -0.39 is 0 Å². The van der Waals surface area contributed by atoms with Crippen molar-refractivity contribution in [3.63, 3.8) is 0 Å². The normalized spacial score (nSPS) is 10.4. The lowest BCUT2D eigenvalue weighted by molar-refractivity contribution is 0.282. The SMILES string of the molecule is OCc1ccc(-n2cncn2)cc1Cl. The Morgan fingerprint density at radius 3 is 2.86 bits per heavy atom. The Labute approximate surface area is 85.8 Å². The van der Waals surface area contributed by atoms with Crippen molar-refractivity contribution in [2.45, 2.75) is 6.61 Å². The molecule has 72 valence electrons. The van der Waals surface area contributed by atoms with Crippen molar-refractivity contribution in [2.24, 2.45) is 0 Å². The first kappa shape index (κ1) is 9.18. The summed E-state index contributed by atoms with van der Waals surface area (Å²) in [5, 5.41) is 13.4. The summed E-state index contributed by atoms with van der Waals surface area (Å²) in [6, 6.07) is 5.33. The summed E-state index contributed by atoms with van der Waals surface area (Å²) in [5.41, 5.74) is 1.53. The Morgan fingerprint density at radius 1 is 1.43 bits per heavy atom. The van der Waals surface area contributed by atoms with Crippen LogP contribution in [0.5, 0.6) is 0 Å². The number of aliphatic hydroxyl groups excluding tert-OH is 1. The van der Waals surface area contributed by atoms with E-state index in [9.17, 15) is 0 Å². The first-order valence-electron chi connectivity index (χ1n) is 4.05. The minimum Gasteiger partial charge on any atom is -0.392 e. The van der Waals surface area contributed by atoms with Crippen molar-refractivity contribution in [3.05, 3.63) is 41.4 Å². The number of hydrogen-bond donors (Lipinski definition) is 1. The van der Waals surface area contributed by atoms with Gasteiger partial charge in [0.1, 0.15) is 12.7 Å². The fraction of sp³-hybridized carbons (Fsp3) is 0.111. The number of rotatable bonds is 2. The Morgan fingerprint density at radius 2 is 2.29 bits per heavy atom. The second-order valence-electron chi connectivity index (χ2n) is 2.77. The molecule has 0 aliphatic carbocycles. The number of hydrogen-bond acceptors (Lipinski definition) is 3. The third-order valence-corrected chi connectivity index (χ3v) is 2.24. The molecule has 0 spiro atoms. The quantitative estimate of drug-likeness (QED) is 0.814. The van der Waals surface area contributed by atoms with Crippen molar-refractivity contribution >= 4 is 11.6 Å². The van der Waals surface area contributed by atoms with Crippen LogP contribution in [-0.2, 0) is 6.61 Å². The van der Waals surface area contributed by atoms with Gasteiger partial charge in [-0.3, -0.25) is 0 Å². The van der Waals surface area contributed by atoms with Gasteiger partial charge in [-0.1, -0.05) is 17.7 Å². The lowest BCUT2D eigenvalue weighted by Crippen LogP contribution is -1.95. The monoisotopic (exact) mass is 209 g/mol. The zero-order chi connectivity index (χ0) is 9.97. The van der Waals surface area contributed by atoms with Gasteiger partial charge in [-0.05, 0) is 17.7 Å². The van der Waals surface area contributed by atoms with Crippen LogP contribution < -0.4 is 0 Å². The summed E-state index contributed by atoms with van der Waals surface area (Å²) < 4.78 is 1.60. The molecule has 0 amide bonds. The van der Waals surface area contributed by atoms with Gasteiger partial charge in [0.05, 0.1) is 12.3 Å². The molecule has 1 N–H and O–H groups in total. The van der Waals surface area contributed by atoms with E-state index in [4.69, 9.17) is 16.7 Å². The van der Waals surface area contributed by atoms with Crippen LogP contribution in [0, 0.1) is 0 Å². The highest BCUT2D eigenvalue weighted by Gasteiger charge is 2.02. The predicted molar refractivity (Wildman–Crippen MR) is 52.3 cm³/mol. The van der Waals surface area contributed by atoms with Crippen molar-refractivity contribution in [3.8, 4) is 5.69 Å². The van der Waals surface area contributed by atoms with E-state index in [0.29, 0.717) is 10.6 Å². The first-order chi connectivity index (χ1) is 6.81. The molecule has 14 heavy (non-hydrogen) atoms. The molecule has 0 bridgehead atoms. The molecule has 0 unspecified atom stereocenters. The summed E-state index contributed by atoms with van der Waals surface area (Å²) in [4.78, 5) is 3.83. The molecule has 0 aliphatic heterocycles. The number of halogens is 1. The van der Waals surface area contributed by atoms with Crippen LogP contribution in [-0.4, -0.2) is 19.9 Å². The smallest absolute Gasteiger partial charge is 0.138 e. The largest absolute Gasteiger partial charge is 0.392 e. The van der Waals surface area contributed by atoms with Crippen molar-refractivity contribution in [1.82, 2.24) is 14.8 Å². The van der Waals surface area contributed by atoms with Gasteiger partial charge in [-0.15, -0.1) is 0 Å². The van der Waals surface area contributed by atoms with Gasteiger partial charge in [0.2, 0.25) is 0 Å². The second kappa shape index (κ2) is 3.77. The highest BCUT2D eigenvalue weighted by Crippen LogP contribution is 2.19. The maximum absolute atomic E-state index is 8.92. The van der Waals surface area contributed by atoms with Gasteiger partial charge in [-0.25, -0.2) is 9.67 Å². The Bertz CT molecular complexity index is 428. The van der Waals surface area contributed by atoms with E-state index in [1.807, 2.05) is 6.07 Å². The molecule has 4 nitrogen and oxygen atoms in total. The van der Waals surface area contributed by atoms with Crippen LogP contribution in [0.25, 0.3) is 5.69 Å². The molecule has 0 saturated carbocycles. The molecule has 1 aromatic carbocycles. The van der Waals surface area contributed by atoms with Crippen LogP contribution >= 0.6 is 11.6 Å². The van der Waals surface area contributed by atoms with E-state index in [0.717, 1.165) is 5.69 Å². The Balaban J connectivity index is 2.43. The van der Waals surface area contributed by atoms with Crippen molar-refractivity contribution in [2.75, 3.05) is 0 Å². The van der Waals surface area contributed by atoms with E-state index in [-0.39, 0.29) is 6.61 Å². The predicted octanol–water partition coefficient (Wildman–Crippen LogP) is 1.41. The third kappa shape index (κ3) is 1.62. The Hall–Kier alpha value is -1.39. The molecule has 0 aliphatic rings. The second-order valence-corrected chi connectivity index (χ2v) is 3.18. The molecule has 1 heterocycles. The Kier molecular flexibility index (Phi) is 2.47. The highest BCUT2D eigenvalue weighted by molar-refractivity contribution is 6.31. The molecule has 0 atom stereocenters. The molecule has 1 aromatic heterocycles. The molecule has 0 radical (unpaired) electrons. The number of nitrogens with zero attached hydrogens (tertiary/aromatic N) is 3. The van der Waals surface area contributed by atoms with Crippen LogP contribution in [0.1, 0.15) is 5.56 Å². The van der Waals surface area contributed by atoms with E-state index in [1.54, 1.807) is 23.1 Å². The maximum atomic E-state index is 8.92. The summed E-state index contributed by atoms with van der Waals surface area (Å²) in [6.07, 6.45) is 3.04. The molecule has 0 fully saturated rings. The van der Waals surface area contributed by atoms with Gasteiger partial charge >= 0.3 is 0 Å². The molecule has 5 heteroatoms. The zero-order valence-corrected chi connectivity index (χ0v) is 8.02. The lowest BCUT2D eigenvalue weighted by atomic mass is 10.2. The van der Waals surface area contributed by atoms with Crippen LogP contribution in [0.4, 0.5) is 0 Å². The van der Waals surface area contributed by atoms with E-state index in [2.05, 4.69) is 10.1 Å². The van der Waals surface area contributed by atoms with Gasteiger partial charge in [0.25, 0.3) is 0 Å². The van der Waals surface area contributed by atoms with Gasteiger partial charge in [0.15, 0.2) is 0 Å². The van der Waals surface area contributed by atoms with Crippen LogP contribution in [0.2, 0.25) is 5.02 Å². The zero-order valence-electron chi connectivity index (χ0n) is 7.26. The number of aromatic nitrogens is 3. The summed E-state index contributed by atoms with van der Waals surface area (Å²) in [7, 11) is 0. The topological polar surface area (TPSA) is 50.9 Å². The summed E-state index contributed by atoms with van der Waals surface area (Å²) >= 11 is 5.92. The summed E-state index contributed by atoms with van der Waals surface area (Å²) in [6.45, 7) is -0.0591. The van der Waals surface area contributed by atoms with Crippen molar-refractivity contribution < 1.29 is 5.11 Å². The van der Waals surface area contributed by atoms with E-state index >= 15 is 0 Å². The molecular weight excluding hydrogens is 202 g/mol. The van der Waals surface area contributed by atoms with Gasteiger partial charge in [-0.2, -0.15) is 5.10 Å². The number of aliphatic hydroxyl groups is 1. The maximum Gasteiger partial charge on any atom is 0.138 e. The van der Waals surface area contributed by atoms with Gasteiger partial charge in [0, 0.05) is 5.02 Å². The molecule has 2 rings (SSSR count). The number of benzene rings is 1. The van der Waals surface area contributed by atoms with Crippen LogP contribution in [0.3, 0.4) is 0 Å².